The van der Waals surface area contributed by atoms with Crippen LogP contribution >= 0.6 is 15.9 Å². The number of halogens is 1. The molecule has 0 radical (unpaired) electrons. The maximum Gasteiger partial charge on any atom is 0.211 e. The third-order valence-electron chi connectivity index (χ3n) is 2.51. The van der Waals surface area contributed by atoms with Crippen LogP contribution in [0.25, 0.3) is 0 Å². The Kier molecular flexibility index (Phi) is 4.76. The van der Waals surface area contributed by atoms with Crippen LogP contribution in [0.3, 0.4) is 0 Å². The standard InChI is InChI=1S/C9H17BrN2O2S/c1-8(10)7-11-9-3-5-12(6-4-9)15(2,13)14/h9,11H,1,3-7H2,2H3. The van der Waals surface area contributed by atoms with E-state index in [1.807, 2.05) is 0 Å². The Bertz CT molecular complexity index is 321. The molecular formula is C9H17BrN2O2S. The average Bonchev–Trinajstić information content (AvgIpc) is 2.14. The second-order valence-electron chi connectivity index (χ2n) is 3.83. The molecule has 1 heterocycles. The van der Waals surface area contributed by atoms with E-state index in [2.05, 4.69) is 27.8 Å². The van der Waals surface area contributed by atoms with Gasteiger partial charge in [-0.25, -0.2) is 12.7 Å². The Morgan fingerprint density at radius 3 is 2.47 bits per heavy atom. The molecule has 0 aromatic heterocycles. The van der Waals surface area contributed by atoms with Crippen LogP contribution < -0.4 is 5.32 Å². The summed E-state index contributed by atoms with van der Waals surface area (Å²) in [6, 6.07) is 0.400. The maximum atomic E-state index is 11.2. The van der Waals surface area contributed by atoms with Gasteiger partial charge < -0.3 is 5.32 Å². The van der Waals surface area contributed by atoms with Crippen molar-refractivity contribution in [2.45, 2.75) is 18.9 Å². The monoisotopic (exact) mass is 296 g/mol. The van der Waals surface area contributed by atoms with Crippen molar-refractivity contribution >= 4 is 26.0 Å². The minimum atomic E-state index is -3.00. The van der Waals surface area contributed by atoms with Crippen molar-refractivity contribution in [3.63, 3.8) is 0 Å². The van der Waals surface area contributed by atoms with Gasteiger partial charge in [0.05, 0.1) is 6.26 Å². The van der Waals surface area contributed by atoms with E-state index in [-0.39, 0.29) is 0 Å². The number of rotatable bonds is 4. The molecule has 1 saturated heterocycles. The van der Waals surface area contributed by atoms with E-state index < -0.39 is 10.0 Å². The first kappa shape index (κ1) is 13.2. The van der Waals surface area contributed by atoms with Crippen molar-refractivity contribution in [3.05, 3.63) is 11.1 Å². The summed E-state index contributed by atoms with van der Waals surface area (Å²) in [4.78, 5) is 0. The van der Waals surface area contributed by atoms with Crippen LogP contribution in [0.1, 0.15) is 12.8 Å². The van der Waals surface area contributed by atoms with Crippen LogP contribution in [0, 0.1) is 0 Å². The Hall–Kier alpha value is 0.0900. The second-order valence-corrected chi connectivity index (χ2v) is 6.94. The van der Waals surface area contributed by atoms with E-state index in [9.17, 15) is 8.42 Å². The zero-order chi connectivity index (χ0) is 11.5. The minimum Gasteiger partial charge on any atom is -0.309 e. The topological polar surface area (TPSA) is 49.4 Å². The van der Waals surface area contributed by atoms with Gasteiger partial charge in [-0.3, -0.25) is 0 Å². The molecule has 15 heavy (non-hydrogen) atoms. The number of hydrogen-bond acceptors (Lipinski definition) is 3. The van der Waals surface area contributed by atoms with E-state index in [1.54, 1.807) is 0 Å². The highest BCUT2D eigenvalue weighted by molar-refractivity contribution is 9.11. The molecule has 6 heteroatoms. The predicted molar refractivity (Wildman–Crippen MR) is 65.5 cm³/mol. The maximum absolute atomic E-state index is 11.2. The van der Waals surface area contributed by atoms with Crippen molar-refractivity contribution < 1.29 is 8.42 Å². The highest BCUT2D eigenvalue weighted by atomic mass is 79.9. The zero-order valence-corrected chi connectivity index (χ0v) is 11.3. The Morgan fingerprint density at radius 1 is 1.53 bits per heavy atom. The molecular weight excluding hydrogens is 280 g/mol. The molecule has 0 spiro atoms. The third-order valence-corrected chi connectivity index (χ3v) is 4.09. The smallest absolute Gasteiger partial charge is 0.211 e. The summed E-state index contributed by atoms with van der Waals surface area (Å²) in [5.74, 6) is 0. The summed E-state index contributed by atoms with van der Waals surface area (Å²) in [5, 5.41) is 3.33. The molecule has 0 aromatic rings. The Morgan fingerprint density at radius 2 is 2.07 bits per heavy atom. The van der Waals surface area contributed by atoms with Gasteiger partial charge in [0.1, 0.15) is 0 Å². The van der Waals surface area contributed by atoms with Crippen molar-refractivity contribution in [1.82, 2.24) is 9.62 Å². The normalized spacial score (nSPS) is 20.4. The Balaban J connectivity index is 2.33. The number of nitrogens with zero attached hydrogens (tertiary/aromatic N) is 1. The largest absolute Gasteiger partial charge is 0.309 e. The molecule has 0 aliphatic carbocycles. The average molecular weight is 297 g/mol. The first-order valence-electron chi connectivity index (χ1n) is 4.91. The fourth-order valence-corrected chi connectivity index (χ4v) is 2.68. The first-order valence-corrected chi connectivity index (χ1v) is 7.55. The van der Waals surface area contributed by atoms with E-state index in [4.69, 9.17) is 0 Å². The molecule has 0 unspecified atom stereocenters. The quantitative estimate of drug-likeness (QED) is 0.839. The lowest BCUT2D eigenvalue weighted by Gasteiger charge is -2.30. The Labute approximate surface area is 99.9 Å². The zero-order valence-electron chi connectivity index (χ0n) is 8.87. The van der Waals surface area contributed by atoms with Crippen molar-refractivity contribution in [1.29, 1.82) is 0 Å². The van der Waals surface area contributed by atoms with E-state index in [0.717, 1.165) is 23.9 Å². The number of piperidine rings is 1. The van der Waals surface area contributed by atoms with E-state index in [0.29, 0.717) is 19.1 Å². The van der Waals surface area contributed by atoms with Gasteiger partial charge in [0.2, 0.25) is 10.0 Å². The number of sulfonamides is 1. The van der Waals surface area contributed by atoms with Crippen LogP contribution in [0.5, 0.6) is 0 Å². The molecule has 1 aliphatic heterocycles. The van der Waals surface area contributed by atoms with Gasteiger partial charge in [0, 0.05) is 30.2 Å². The number of hydrogen-bond donors (Lipinski definition) is 1. The van der Waals surface area contributed by atoms with Gasteiger partial charge in [-0.2, -0.15) is 0 Å². The summed E-state index contributed by atoms with van der Waals surface area (Å²) in [6.07, 6.45) is 3.00. The highest BCUT2D eigenvalue weighted by Gasteiger charge is 2.24. The third kappa shape index (κ3) is 4.63. The van der Waals surface area contributed by atoms with Gasteiger partial charge in [0.15, 0.2) is 0 Å². The lowest BCUT2D eigenvalue weighted by atomic mass is 10.1. The second kappa shape index (κ2) is 5.43. The molecule has 1 aliphatic rings. The first-order chi connectivity index (χ1) is 6.89. The molecule has 88 valence electrons. The van der Waals surface area contributed by atoms with Gasteiger partial charge in [0.25, 0.3) is 0 Å². The molecule has 4 nitrogen and oxygen atoms in total. The molecule has 0 saturated carbocycles. The summed E-state index contributed by atoms with van der Waals surface area (Å²) >= 11 is 3.28. The molecule has 1 fully saturated rings. The number of nitrogens with one attached hydrogen (secondary N) is 1. The van der Waals surface area contributed by atoms with Gasteiger partial charge in [-0.1, -0.05) is 22.5 Å². The SMILES string of the molecule is C=C(Br)CNC1CCN(S(C)(=O)=O)CC1. The molecule has 0 aromatic carbocycles. The van der Waals surface area contributed by atoms with E-state index >= 15 is 0 Å². The van der Waals surface area contributed by atoms with Crippen molar-refractivity contribution in [2.24, 2.45) is 0 Å². The molecule has 1 rings (SSSR count). The summed E-state index contributed by atoms with van der Waals surface area (Å²) in [7, 11) is -3.00. The fraction of sp³-hybridized carbons (Fsp3) is 0.778. The summed E-state index contributed by atoms with van der Waals surface area (Å²) in [6.45, 7) is 5.71. The van der Waals surface area contributed by atoms with Crippen molar-refractivity contribution in [3.8, 4) is 0 Å². The fourth-order valence-electron chi connectivity index (χ4n) is 1.65. The lowest BCUT2D eigenvalue weighted by Crippen LogP contribution is -2.44. The van der Waals surface area contributed by atoms with Crippen LogP contribution in [-0.4, -0.2) is 44.7 Å². The van der Waals surface area contributed by atoms with Gasteiger partial charge >= 0.3 is 0 Å². The molecule has 1 N–H and O–H groups in total. The van der Waals surface area contributed by atoms with Gasteiger partial charge in [-0.05, 0) is 12.8 Å². The lowest BCUT2D eigenvalue weighted by molar-refractivity contribution is 0.295. The summed E-state index contributed by atoms with van der Waals surface area (Å²) in [5.41, 5.74) is 0. The molecule has 0 amide bonds. The highest BCUT2D eigenvalue weighted by Crippen LogP contribution is 2.13. The van der Waals surface area contributed by atoms with Crippen LogP contribution in [0.4, 0.5) is 0 Å². The van der Waals surface area contributed by atoms with Crippen LogP contribution in [0.2, 0.25) is 0 Å². The van der Waals surface area contributed by atoms with Crippen LogP contribution in [-0.2, 0) is 10.0 Å². The minimum absolute atomic E-state index is 0.400. The van der Waals surface area contributed by atoms with Crippen LogP contribution in [0.15, 0.2) is 11.1 Å². The summed E-state index contributed by atoms with van der Waals surface area (Å²) < 4.78 is 24.9. The molecule has 0 bridgehead atoms. The van der Waals surface area contributed by atoms with E-state index in [1.165, 1.54) is 10.6 Å². The van der Waals surface area contributed by atoms with Gasteiger partial charge in [-0.15, -0.1) is 0 Å². The predicted octanol–water partition coefficient (Wildman–Crippen LogP) is 0.909. The van der Waals surface area contributed by atoms with Crippen molar-refractivity contribution in [2.75, 3.05) is 25.9 Å². The molecule has 0 atom stereocenters.